The molecule has 0 atom stereocenters. The molecule has 4 rings (SSSR count). The summed E-state index contributed by atoms with van der Waals surface area (Å²) in [7, 11) is 0. The van der Waals surface area contributed by atoms with Crippen molar-refractivity contribution in [2.24, 2.45) is 16.5 Å². The van der Waals surface area contributed by atoms with Crippen LogP contribution in [0.25, 0.3) is 22.4 Å². The van der Waals surface area contributed by atoms with Crippen LogP contribution in [0, 0.1) is 0 Å². The summed E-state index contributed by atoms with van der Waals surface area (Å²) in [5, 5.41) is 6.04. The number of guanidine groups is 1. The smallest absolute Gasteiger partial charge is 0.294 e. The minimum absolute atomic E-state index is 0. The molecule has 1 amide bonds. The van der Waals surface area contributed by atoms with Crippen molar-refractivity contribution >= 4 is 54.9 Å². The third kappa shape index (κ3) is 11.3. The fourth-order valence-electron chi connectivity index (χ4n) is 4.30. The number of nitrogens with one attached hydrogen (secondary N) is 2. The molecule has 0 radical (unpaired) electrons. The van der Waals surface area contributed by atoms with Gasteiger partial charge in [0.1, 0.15) is 6.54 Å². The lowest BCUT2D eigenvalue weighted by Crippen LogP contribution is -2.35. The summed E-state index contributed by atoms with van der Waals surface area (Å²) in [6, 6.07) is 28.0. The van der Waals surface area contributed by atoms with Crippen molar-refractivity contribution in [3.8, 4) is 22.4 Å². The summed E-state index contributed by atoms with van der Waals surface area (Å²) in [4.78, 5) is 34.8. The Morgan fingerprint density at radius 3 is 2.05 bits per heavy atom. The zero-order valence-corrected chi connectivity index (χ0v) is 26.1. The van der Waals surface area contributed by atoms with Gasteiger partial charge in [0.2, 0.25) is 5.91 Å². The topological polar surface area (TPSA) is 140 Å². The Morgan fingerprint density at radius 2 is 1.40 bits per heavy atom. The average Bonchev–Trinajstić information content (AvgIpc) is 2.98. The standard InChI is InChI=1S/C31H35N7O2.3ClH/c32-31(33)36-19-8-7-18-34-28(39)22-38-27(26-15-13-25(14-16-26)24-11-5-2-6-12-24)21-37-29(30(38)40)35-20-17-23-9-3-1-4-10-23;;;/h1-6,9-16,21H,7-8,17-20,22H2,(H,34,39)(H,35,37)(H4,32,33,36);3*1H. The van der Waals surface area contributed by atoms with Crippen molar-refractivity contribution in [1.29, 1.82) is 0 Å². The van der Waals surface area contributed by atoms with Gasteiger partial charge in [0, 0.05) is 19.6 Å². The summed E-state index contributed by atoms with van der Waals surface area (Å²) in [5.74, 6) is 0.0109. The Morgan fingerprint density at radius 1 is 0.791 bits per heavy atom. The van der Waals surface area contributed by atoms with Gasteiger partial charge in [-0.3, -0.25) is 19.1 Å². The molecule has 4 aromatic rings. The van der Waals surface area contributed by atoms with Crippen LogP contribution in [0.1, 0.15) is 18.4 Å². The first-order chi connectivity index (χ1) is 19.5. The molecule has 43 heavy (non-hydrogen) atoms. The second kappa shape index (κ2) is 19.2. The van der Waals surface area contributed by atoms with Gasteiger partial charge in [-0.2, -0.15) is 0 Å². The lowest BCUT2D eigenvalue weighted by atomic mass is 10.0. The van der Waals surface area contributed by atoms with Crippen LogP contribution in [0.3, 0.4) is 0 Å². The van der Waals surface area contributed by atoms with E-state index in [-0.39, 0.29) is 67.0 Å². The van der Waals surface area contributed by atoms with Crippen LogP contribution < -0.4 is 27.7 Å². The van der Waals surface area contributed by atoms with E-state index in [0.717, 1.165) is 35.1 Å². The highest BCUT2D eigenvalue weighted by atomic mass is 35.5. The summed E-state index contributed by atoms with van der Waals surface area (Å²) >= 11 is 0. The molecule has 9 nitrogen and oxygen atoms in total. The van der Waals surface area contributed by atoms with Gasteiger partial charge in [-0.25, -0.2) is 4.98 Å². The number of rotatable bonds is 13. The Hall–Kier alpha value is -4.05. The number of aromatic nitrogens is 2. The van der Waals surface area contributed by atoms with Crippen LogP contribution in [0.4, 0.5) is 5.82 Å². The lowest BCUT2D eigenvalue weighted by Gasteiger charge is -2.15. The lowest BCUT2D eigenvalue weighted by molar-refractivity contribution is -0.121. The van der Waals surface area contributed by atoms with Crippen LogP contribution in [-0.2, 0) is 17.8 Å². The van der Waals surface area contributed by atoms with Crippen molar-refractivity contribution in [2.45, 2.75) is 25.8 Å². The maximum atomic E-state index is 13.5. The molecule has 1 aromatic heterocycles. The summed E-state index contributed by atoms with van der Waals surface area (Å²) < 4.78 is 1.48. The molecule has 12 heteroatoms. The predicted molar refractivity (Wildman–Crippen MR) is 183 cm³/mol. The zero-order chi connectivity index (χ0) is 28.2. The third-order valence-electron chi connectivity index (χ3n) is 6.39. The maximum absolute atomic E-state index is 13.5. The fourth-order valence-corrected chi connectivity index (χ4v) is 4.30. The molecule has 1 heterocycles. The Labute approximate surface area is 270 Å². The highest BCUT2D eigenvalue weighted by molar-refractivity contribution is 5.86. The zero-order valence-electron chi connectivity index (χ0n) is 23.6. The molecule has 3 aromatic carbocycles. The van der Waals surface area contributed by atoms with Gasteiger partial charge in [0.25, 0.3) is 5.56 Å². The number of hydrogen-bond donors (Lipinski definition) is 4. The molecule has 0 saturated carbocycles. The van der Waals surface area contributed by atoms with E-state index in [2.05, 4.69) is 20.6 Å². The normalized spacial score (nSPS) is 9.86. The van der Waals surface area contributed by atoms with E-state index in [1.807, 2.05) is 84.9 Å². The number of carbonyl (C=O) groups is 1. The Balaban J connectivity index is 0.00000308. The van der Waals surface area contributed by atoms with Crippen molar-refractivity contribution in [1.82, 2.24) is 14.9 Å². The number of hydrogen-bond acceptors (Lipinski definition) is 5. The Kier molecular flexibility index (Phi) is 16.5. The van der Waals surface area contributed by atoms with Crippen LogP contribution in [0.2, 0.25) is 0 Å². The highest BCUT2D eigenvalue weighted by Gasteiger charge is 2.15. The first-order valence-electron chi connectivity index (χ1n) is 13.4. The van der Waals surface area contributed by atoms with Gasteiger partial charge in [-0.15, -0.1) is 37.2 Å². The van der Waals surface area contributed by atoms with Crippen molar-refractivity contribution in [2.75, 3.05) is 25.0 Å². The molecule has 0 spiro atoms. The second-order valence-corrected chi connectivity index (χ2v) is 9.35. The van der Waals surface area contributed by atoms with E-state index in [0.29, 0.717) is 31.7 Å². The number of aliphatic imine (C=N–C) groups is 1. The largest absolute Gasteiger partial charge is 0.370 e. The average molecular weight is 647 g/mol. The number of unbranched alkanes of at least 4 members (excludes halogenated alkanes) is 1. The second-order valence-electron chi connectivity index (χ2n) is 9.35. The van der Waals surface area contributed by atoms with E-state index in [9.17, 15) is 9.59 Å². The number of benzene rings is 3. The number of amides is 1. The van der Waals surface area contributed by atoms with E-state index in [1.54, 1.807) is 6.20 Å². The minimum Gasteiger partial charge on any atom is -0.370 e. The van der Waals surface area contributed by atoms with E-state index < -0.39 is 0 Å². The molecule has 6 N–H and O–H groups in total. The van der Waals surface area contributed by atoms with Crippen LogP contribution in [0.5, 0.6) is 0 Å². The van der Waals surface area contributed by atoms with Crippen molar-refractivity contribution in [3.05, 3.63) is 107 Å². The first kappa shape index (κ1) is 37.0. The van der Waals surface area contributed by atoms with Gasteiger partial charge in [-0.05, 0) is 41.5 Å². The molecule has 0 saturated heterocycles. The minimum atomic E-state index is -0.347. The Bertz CT molecular complexity index is 1480. The molecule has 0 aliphatic carbocycles. The van der Waals surface area contributed by atoms with E-state index in [1.165, 1.54) is 4.57 Å². The molecule has 0 fully saturated rings. The SMILES string of the molecule is Cl.Cl.Cl.NC(N)=NCCCCNC(=O)Cn1c(-c2ccc(-c3ccccc3)cc2)cnc(NCCc2ccccc2)c1=O. The van der Waals surface area contributed by atoms with Gasteiger partial charge < -0.3 is 22.1 Å². The van der Waals surface area contributed by atoms with E-state index >= 15 is 0 Å². The first-order valence-corrected chi connectivity index (χ1v) is 13.4. The summed E-state index contributed by atoms with van der Waals surface area (Å²) in [6.45, 7) is 1.38. The molecule has 0 aliphatic rings. The van der Waals surface area contributed by atoms with Crippen LogP contribution in [0.15, 0.2) is 101 Å². The molecule has 0 aliphatic heterocycles. The van der Waals surface area contributed by atoms with Gasteiger partial charge >= 0.3 is 0 Å². The summed E-state index contributed by atoms with van der Waals surface area (Å²) in [6.07, 6.45) is 3.84. The number of carbonyl (C=O) groups excluding carboxylic acids is 1. The van der Waals surface area contributed by atoms with Crippen molar-refractivity contribution in [3.63, 3.8) is 0 Å². The monoisotopic (exact) mass is 645 g/mol. The van der Waals surface area contributed by atoms with Crippen LogP contribution >= 0.6 is 37.2 Å². The summed E-state index contributed by atoms with van der Waals surface area (Å²) in [5.41, 5.74) is 15.0. The van der Waals surface area contributed by atoms with E-state index in [4.69, 9.17) is 11.5 Å². The van der Waals surface area contributed by atoms with Gasteiger partial charge in [-0.1, -0.05) is 84.9 Å². The molecular weight excluding hydrogens is 609 g/mol. The molecule has 230 valence electrons. The molecule has 0 unspecified atom stereocenters. The number of nitrogens with zero attached hydrogens (tertiary/aromatic N) is 3. The quantitative estimate of drug-likeness (QED) is 0.0946. The highest BCUT2D eigenvalue weighted by Crippen LogP contribution is 2.24. The van der Waals surface area contributed by atoms with Crippen LogP contribution in [-0.4, -0.2) is 41.1 Å². The third-order valence-corrected chi connectivity index (χ3v) is 6.39. The predicted octanol–water partition coefficient (Wildman–Crippen LogP) is 4.67. The fraction of sp³-hybridized carbons (Fsp3) is 0.226. The number of anilines is 1. The molecular formula is C31H38Cl3N7O2. The van der Waals surface area contributed by atoms with Crippen molar-refractivity contribution < 1.29 is 4.79 Å². The van der Waals surface area contributed by atoms with Gasteiger partial charge in [0.05, 0.1) is 11.9 Å². The number of halogens is 3. The van der Waals surface area contributed by atoms with Gasteiger partial charge in [0.15, 0.2) is 11.8 Å². The maximum Gasteiger partial charge on any atom is 0.294 e. The molecule has 0 bridgehead atoms. The number of nitrogens with two attached hydrogens (primary N) is 2.